The van der Waals surface area contributed by atoms with Gasteiger partial charge in [0.1, 0.15) is 0 Å². The van der Waals surface area contributed by atoms with Crippen molar-refractivity contribution >= 4 is 23.6 Å². The molecule has 7 heteroatoms. The van der Waals surface area contributed by atoms with Crippen LogP contribution in [0.3, 0.4) is 0 Å². The van der Waals surface area contributed by atoms with Gasteiger partial charge in [0.05, 0.1) is 5.75 Å². The van der Waals surface area contributed by atoms with Gasteiger partial charge in [0.15, 0.2) is 0 Å². The lowest BCUT2D eigenvalue weighted by Crippen LogP contribution is -2.34. The van der Waals surface area contributed by atoms with Crippen molar-refractivity contribution in [2.24, 2.45) is 5.92 Å². The molecule has 102 valence electrons. The highest BCUT2D eigenvalue weighted by molar-refractivity contribution is 7.99. The van der Waals surface area contributed by atoms with Crippen molar-refractivity contribution in [1.29, 1.82) is 0 Å². The highest BCUT2D eigenvalue weighted by Crippen LogP contribution is 2.12. The molecule has 0 aromatic carbocycles. The van der Waals surface area contributed by atoms with Crippen LogP contribution < -0.4 is 11.1 Å². The molecule has 0 radical (unpaired) electrons. The number of nitrogens with one attached hydrogen (secondary N) is 2. The van der Waals surface area contributed by atoms with Crippen molar-refractivity contribution in [3.8, 4) is 0 Å². The first-order valence-corrected chi connectivity index (χ1v) is 7.06. The zero-order valence-electron chi connectivity index (χ0n) is 11.1. The Kier molecular flexibility index (Phi) is 5.97. The average molecular weight is 271 g/mol. The zero-order chi connectivity index (χ0) is 13.5. The molecule has 0 bridgehead atoms. The molecule has 0 fully saturated rings. The third-order valence-electron chi connectivity index (χ3n) is 2.40. The summed E-state index contributed by atoms with van der Waals surface area (Å²) < 4.78 is 0. The van der Waals surface area contributed by atoms with Crippen LogP contribution in [0, 0.1) is 5.92 Å². The Morgan fingerprint density at radius 1 is 1.44 bits per heavy atom. The monoisotopic (exact) mass is 271 g/mol. The van der Waals surface area contributed by atoms with Crippen molar-refractivity contribution in [3.05, 3.63) is 0 Å². The third kappa shape index (κ3) is 5.90. The Balaban J connectivity index is 2.20. The van der Waals surface area contributed by atoms with E-state index < -0.39 is 0 Å². The van der Waals surface area contributed by atoms with Crippen LogP contribution in [0.5, 0.6) is 0 Å². The quantitative estimate of drug-likeness (QED) is 0.652. The molecule has 1 aromatic rings. The number of aromatic amines is 1. The molecule has 0 aliphatic carbocycles. The van der Waals surface area contributed by atoms with Gasteiger partial charge in [-0.3, -0.25) is 4.79 Å². The smallest absolute Gasteiger partial charge is 0.230 e. The molecule has 0 aliphatic heterocycles. The molecule has 1 amide bonds. The van der Waals surface area contributed by atoms with Crippen molar-refractivity contribution in [1.82, 2.24) is 20.5 Å². The lowest BCUT2D eigenvalue weighted by Gasteiger charge is -2.14. The Labute approximate surface area is 112 Å². The molecule has 0 aliphatic rings. The number of hydrogen-bond acceptors (Lipinski definition) is 5. The van der Waals surface area contributed by atoms with E-state index >= 15 is 0 Å². The normalized spacial score (nSPS) is 12.7. The Bertz CT molecular complexity index is 379. The number of rotatable bonds is 7. The molecule has 4 N–H and O–H groups in total. The molecule has 0 saturated heterocycles. The molecular formula is C11H21N5OS. The van der Waals surface area contributed by atoms with E-state index in [-0.39, 0.29) is 17.9 Å². The number of hydrogen-bond donors (Lipinski definition) is 3. The minimum atomic E-state index is -0.000345. The molecule has 1 aromatic heterocycles. The van der Waals surface area contributed by atoms with Crippen molar-refractivity contribution in [2.75, 3.05) is 11.5 Å². The number of carbonyl (C=O) groups is 1. The fraction of sp³-hybridized carbons (Fsp3) is 0.727. The van der Waals surface area contributed by atoms with E-state index in [1.54, 1.807) is 0 Å². The molecule has 0 saturated carbocycles. The summed E-state index contributed by atoms with van der Waals surface area (Å²) in [7, 11) is 0. The standard InChI is InChI=1S/C11H21N5OS/c1-7(2)4-5-8(3)13-9(17)6-18-11-14-10(12)15-16-11/h7-8H,4-6H2,1-3H3,(H,13,17)(H3,12,14,15,16). The van der Waals surface area contributed by atoms with Crippen LogP contribution in [0.15, 0.2) is 5.16 Å². The molecule has 1 atom stereocenters. The van der Waals surface area contributed by atoms with E-state index in [1.165, 1.54) is 11.8 Å². The minimum Gasteiger partial charge on any atom is -0.368 e. The number of thioether (sulfide) groups is 1. The number of aromatic nitrogens is 3. The first-order chi connectivity index (χ1) is 8.47. The van der Waals surface area contributed by atoms with Gasteiger partial charge in [0, 0.05) is 6.04 Å². The maximum atomic E-state index is 11.6. The summed E-state index contributed by atoms with van der Waals surface area (Å²) in [6, 6.07) is 0.206. The number of H-pyrrole nitrogens is 1. The summed E-state index contributed by atoms with van der Waals surface area (Å²) in [4.78, 5) is 15.6. The van der Waals surface area contributed by atoms with E-state index in [9.17, 15) is 4.79 Å². The Hall–Kier alpha value is -1.24. The third-order valence-corrected chi connectivity index (χ3v) is 3.25. The molecule has 1 heterocycles. The second kappa shape index (κ2) is 7.25. The SMILES string of the molecule is CC(C)CCC(C)NC(=O)CSc1n[nH]c(N)n1. The maximum absolute atomic E-state index is 11.6. The van der Waals surface area contributed by atoms with E-state index in [2.05, 4.69) is 34.3 Å². The highest BCUT2D eigenvalue weighted by atomic mass is 32.2. The maximum Gasteiger partial charge on any atom is 0.230 e. The van der Waals surface area contributed by atoms with E-state index in [1.807, 2.05) is 6.92 Å². The average Bonchev–Trinajstić information content (AvgIpc) is 2.70. The number of carbonyl (C=O) groups excluding carboxylic acids is 1. The van der Waals surface area contributed by atoms with Gasteiger partial charge in [-0.1, -0.05) is 25.6 Å². The lowest BCUT2D eigenvalue weighted by atomic mass is 10.0. The first kappa shape index (κ1) is 14.8. The second-order valence-corrected chi connectivity index (χ2v) is 5.67. The topological polar surface area (TPSA) is 96.7 Å². The number of nitrogens with zero attached hydrogens (tertiary/aromatic N) is 2. The molecule has 18 heavy (non-hydrogen) atoms. The highest BCUT2D eigenvalue weighted by Gasteiger charge is 2.10. The van der Waals surface area contributed by atoms with Crippen LogP contribution >= 0.6 is 11.8 Å². The summed E-state index contributed by atoms with van der Waals surface area (Å²) >= 11 is 1.27. The van der Waals surface area contributed by atoms with E-state index in [0.29, 0.717) is 16.8 Å². The molecular weight excluding hydrogens is 250 g/mol. The van der Waals surface area contributed by atoms with Gasteiger partial charge >= 0.3 is 0 Å². The Morgan fingerprint density at radius 3 is 2.72 bits per heavy atom. The molecule has 6 nitrogen and oxygen atoms in total. The molecule has 1 rings (SSSR count). The molecule has 0 spiro atoms. The van der Waals surface area contributed by atoms with Gasteiger partial charge in [-0.2, -0.15) is 4.98 Å². The van der Waals surface area contributed by atoms with E-state index in [0.717, 1.165) is 12.8 Å². The van der Waals surface area contributed by atoms with Crippen molar-refractivity contribution in [2.45, 2.75) is 44.8 Å². The van der Waals surface area contributed by atoms with Gasteiger partial charge in [0.25, 0.3) is 0 Å². The van der Waals surface area contributed by atoms with Gasteiger partial charge in [-0.05, 0) is 25.7 Å². The number of nitrogens with two attached hydrogens (primary N) is 1. The van der Waals surface area contributed by atoms with Crippen LogP contribution in [-0.4, -0.2) is 32.9 Å². The second-order valence-electron chi connectivity index (χ2n) is 4.73. The lowest BCUT2D eigenvalue weighted by molar-refractivity contribution is -0.119. The fourth-order valence-corrected chi connectivity index (χ4v) is 2.04. The van der Waals surface area contributed by atoms with Crippen LogP contribution in [0.1, 0.15) is 33.6 Å². The number of nitrogen functional groups attached to an aromatic ring is 1. The van der Waals surface area contributed by atoms with Crippen molar-refractivity contribution < 1.29 is 4.79 Å². The molecule has 1 unspecified atom stereocenters. The zero-order valence-corrected chi connectivity index (χ0v) is 11.9. The summed E-state index contributed by atoms with van der Waals surface area (Å²) in [6.45, 7) is 6.38. The van der Waals surface area contributed by atoms with Crippen LogP contribution in [-0.2, 0) is 4.79 Å². The van der Waals surface area contributed by atoms with Crippen LogP contribution in [0.4, 0.5) is 5.95 Å². The van der Waals surface area contributed by atoms with Gasteiger partial charge in [-0.25, -0.2) is 5.10 Å². The predicted molar refractivity (Wildman–Crippen MR) is 73.2 cm³/mol. The van der Waals surface area contributed by atoms with Crippen LogP contribution in [0.2, 0.25) is 0 Å². The van der Waals surface area contributed by atoms with Gasteiger partial charge in [-0.15, -0.1) is 5.10 Å². The summed E-state index contributed by atoms with van der Waals surface area (Å²) in [5, 5.41) is 9.83. The van der Waals surface area contributed by atoms with Crippen molar-refractivity contribution in [3.63, 3.8) is 0 Å². The fourth-order valence-electron chi connectivity index (χ4n) is 1.42. The summed E-state index contributed by atoms with van der Waals surface area (Å²) in [6.07, 6.45) is 2.12. The largest absolute Gasteiger partial charge is 0.368 e. The summed E-state index contributed by atoms with van der Waals surface area (Å²) in [5.74, 6) is 1.24. The van der Waals surface area contributed by atoms with E-state index in [4.69, 9.17) is 5.73 Å². The number of anilines is 1. The predicted octanol–water partition coefficient (Wildman–Crippen LogP) is 1.42. The van der Waals surface area contributed by atoms with Gasteiger partial charge < -0.3 is 11.1 Å². The Morgan fingerprint density at radius 2 is 2.17 bits per heavy atom. The number of amides is 1. The summed E-state index contributed by atoms with van der Waals surface area (Å²) in [5.41, 5.74) is 5.39. The van der Waals surface area contributed by atoms with Crippen LogP contribution in [0.25, 0.3) is 0 Å². The first-order valence-electron chi connectivity index (χ1n) is 6.07. The van der Waals surface area contributed by atoms with Gasteiger partial charge in [0.2, 0.25) is 17.0 Å². The minimum absolute atomic E-state index is 0.000345.